The zero-order valence-electron chi connectivity index (χ0n) is 11.0. The second-order valence-electron chi connectivity index (χ2n) is 4.48. The Kier molecular flexibility index (Phi) is 3.61. The first kappa shape index (κ1) is 13.6. The standard InChI is InChI=1S/C13H12N4O3S/c18-11-7-21-13(20)17(11)5-4-15-12(19)10-6-9-8(16-10)2-1-3-14-9/h1-3,6,16H,4-5,7H2,(H,15,19). The first-order valence-electron chi connectivity index (χ1n) is 6.34. The molecule has 0 aromatic carbocycles. The Labute approximate surface area is 124 Å². The van der Waals surface area contributed by atoms with Crippen molar-refractivity contribution >= 4 is 39.8 Å². The minimum absolute atomic E-state index is 0.181. The fraction of sp³-hybridized carbons (Fsp3) is 0.231. The Bertz CT molecular complexity index is 678. The Morgan fingerprint density at radius 2 is 2.33 bits per heavy atom. The highest BCUT2D eigenvalue weighted by Gasteiger charge is 2.29. The molecule has 1 saturated heterocycles. The van der Waals surface area contributed by atoms with Crippen molar-refractivity contribution in [2.24, 2.45) is 0 Å². The van der Waals surface area contributed by atoms with Gasteiger partial charge in [-0.2, -0.15) is 0 Å². The summed E-state index contributed by atoms with van der Waals surface area (Å²) in [5.74, 6) is -0.325. The van der Waals surface area contributed by atoms with Crippen molar-refractivity contribution in [3.8, 4) is 0 Å². The first-order valence-corrected chi connectivity index (χ1v) is 7.33. The van der Waals surface area contributed by atoms with Crippen LogP contribution in [0.1, 0.15) is 10.5 Å². The number of thioether (sulfide) groups is 1. The van der Waals surface area contributed by atoms with Crippen LogP contribution in [0.3, 0.4) is 0 Å². The van der Waals surface area contributed by atoms with Crippen LogP contribution in [0, 0.1) is 0 Å². The van der Waals surface area contributed by atoms with Gasteiger partial charge in [-0.1, -0.05) is 11.8 Å². The third kappa shape index (κ3) is 2.75. The maximum absolute atomic E-state index is 12.0. The molecule has 8 heteroatoms. The van der Waals surface area contributed by atoms with Crippen molar-refractivity contribution in [3.63, 3.8) is 0 Å². The molecular weight excluding hydrogens is 292 g/mol. The molecule has 2 N–H and O–H groups in total. The number of amides is 3. The fourth-order valence-corrected chi connectivity index (χ4v) is 2.80. The molecule has 0 bridgehead atoms. The molecule has 2 aromatic heterocycles. The molecule has 108 valence electrons. The van der Waals surface area contributed by atoms with Gasteiger partial charge in [0.05, 0.1) is 16.8 Å². The van der Waals surface area contributed by atoms with E-state index in [1.54, 1.807) is 18.3 Å². The van der Waals surface area contributed by atoms with Crippen LogP contribution >= 0.6 is 11.8 Å². The molecule has 1 fully saturated rings. The van der Waals surface area contributed by atoms with Gasteiger partial charge in [-0.25, -0.2) is 0 Å². The topological polar surface area (TPSA) is 95.2 Å². The summed E-state index contributed by atoms with van der Waals surface area (Å²) < 4.78 is 0. The Morgan fingerprint density at radius 3 is 3.05 bits per heavy atom. The smallest absolute Gasteiger partial charge is 0.288 e. The summed E-state index contributed by atoms with van der Waals surface area (Å²) in [6.07, 6.45) is 1.65. The number of hydrogen-bond donors (Lipinski definition) is 2. The van der Waals surface area contributed by atoms with Crippen molar-refractivity contribution in [3.05, 3.63) is 30.1 Å². The van der Waals surface area contributed by atoms with E-state index in [0.717, 1.165) is 22.2 Å². The first-order chi connectivity index (χ1) is 10.1. The minimum atomic E-state index is -0.292. The SMILES string of the molecule is O=C(NCCN1C(=O)CSC1=O)c1cc2ncccc2[nH]1. The average Bonchev–Trinajstić information content (AvgIpc) is 3.04. The summed E-state index contributed by atoms with van der Waals surface area (Å²) in [5.41, 5.74) is 1.89. The predicted molar refractivity (Wildman–Crippen MR) is 78.0 cm³/mol. The summed E-state index contributed by atoms with van der Waals surface area (Å²) in [4.78, 5) is 43.0. The number of fused-ring (bicyclic) bond motifs is 1. The highest BCUT2D eigenvalue weighted by atomic mass is 32.2. The number of nitrogens with zero attached hydrogens (tertiary/aromatic N) is 2. The van der Waals surface area contributed by atoms with E-state index in [0.29, 0.717) is 11.2 Å². The Morgan fingerprint density at radius 1 is 1.48 bits per heavy atom. The highest BCUT2D eigenvalue weighted by molar-refractivity contribution is 8.14. The van der Waals surface area contributed by atoms with Gasteiger partial charge in [0.2, 0.25) is 5.91 Å². The van der Waals surface area contributed by atoms with Crippen LogP contribution in [0.5, 0.6) is 0 Å². The Hall–Kier alpha value is -2.35. The lowest BCUT2D eigenvalue weighted by Gasteiger charge is -2.12. The van der Waals surface area contributed by atoms with Gasteiger partial charge in [-0.3, -0.25) is 24.3 Å². The van der Waals surface area contributed by atoms with Crippen LogP contribution < -0.4 is 5.32 Å². The molecule has 0 radical (unpaired) electrons. The molecule has 0 spiro atoms. The molecule has 1 aliphatic rings. The maximum atomic E-state index is 12.0. The number of nitrogens with one attached hydrogen (secondary N) is 2. The average molecular weight is 304 g/mol. The molecule has 1 aliphatic heterocycles. The van der Waals surface area contributed by atoms with Crippen LogP contribution in [-0.4, -0.2) is 50.8 Å². The van der Waals surface area contributed by atoms with Crippen molar-refractivity contribution in [1.82, 2.24) is 20.2 Å². The van der Waals surface area contributed by atoms with Gasteiger partial charge in [-0.15, -0.1) is 0 Å². The molecule has 3 heterocycles. The lowest BCUT2D eigenvalue weighted by atomic mass is 10.3. The number of pyridine rings is 1. The number of hydrogen-bond acceptors (Lipinski definition) is 5. The summed E-state index contributed by atoms with van der Waals surface area (Å²) in [7, 11) is 0. The van der Waals surface area contributed by atoms with Gasteiger partial charge < -0.3 is 10.3 Å². The van der Waals surface area contributed by atoms with Crippen molar-refractivity contribution in [2.75, 3.05) is 18.8 Å². The van der Waals surface area contributed by atoms with E-state index in [9.17, 15) is 14.4 Å². The molecule has 0 atom stereocenters. The number of rotatable bonds is 4. The molecule has 7 nitrogen and oxygen atoms in total. The van der Waals surface area contributed by atoms with Gasteiger partial charge in [-0.05, 0) is 18.2 Å². The van der Waals surface area contributed by atoms with Crippen LogP contribution in [-0.2, 0) is 4.79 Å². The molecule has 0 unspecified atom stereocenters. The summed E-state index contributed by atoms with van der Waals surface area (Å²) in [6.45, 7) is 0.411. The van der Waals surface area contributed by atoms with E-state index >= 15 is 0 Å². The fourth-order valence-electron chi connectivity index (χ4n) is 2.05. The molecule has 0 saturated carbocycles. The lowest BCUT2D eigenvalue weighted by molar-refractivity contribution is -0.124. The monoisotopic (exact) mass is 304 g/mol. The van der Waals surface area contributed by atoms with E-state index in [-0.39, 0.29) is 35.9 Å². The van der Waals surface area contributed by atoms with Gasteiger partial charge in [0.25, 0.3) is 11.1 Å². The summed E-state index contributed by atoms with van der Waals surface area (Å²) in [5, 5.41) is 2.41. The molecule has 2 aromatic rings. The quantitative estimate of drug-likeness (QED) is 0.878. The van der Waals surface area contributed by atoms with E-state index in [1.807, 2.05) is 6.07 Å². The number of carbonyl (C=O) groups is 3. The normalized spacial score (nSPS) is 15.0. The number of imide groups is 1. The molecule has 3 rings (SSSR count). The number of H-pyrrole nitrogens is 1. The molecule has 21 heavy (non-hydrogen) atoms. The highest BCUT2D eigenvalue weighted by Crippen LogP contribution is 2.17. The summed E-state index contributed by atoms with van der Waals surface area (Å²) >= 11 is 0.982. The number of aromatic nitrogens is 2. The van der Waals surface area contributed by atoms with Gasteiger partial charge in [0.15, 0.2) is 0 Å². The Balaban J connectivity index is 1.59. The zero-order valence-corrected chi connectivity index (χ0v) is 11.8. The van der Waals surface area contributed by atoms with Crippen LogP contribution in [0.15, 0.2) is 24.4 Å². The van der Waals surface area contributed by atoms with E-state index in [1.165, 1.54) is 0 Å². The second kappa shape index (κ2) is 5.57. The van der Waals surface area contributed by atoms with Crippen molar-refractivity contribution in [2.45, 2.75) is 0 Å². The van der Waals surface area contributed by atoms with Crippen molar-refractivity contribution < 1.29 is 14.4 Å². The van der Waals surface area contributed by atoms with Crippen molar-refractivity contribution in [1.29, 1.82) is 0 Å². The number of aromatic amines is 1. The minimum Gasteiger partial charge on any atom is -0.349 e. The summed E-state index contributed by atoms with van der Waals surface area (Å²) in [6, 6.07) is 5.27. The van der Waals surface area contributed by atoms with Crippen LogP contribution in [0.4, 0.5) is 4.79 Å². The molecule has 0 aliphatic carbocycles. The third-order valence-corrected chi connectivity index (χ3v) is 3.95. The number of carbonyl (C=O) groups excluding carboxylic acids is 3. The zero-order chi connectivity index (χ0) is 14.8. The third-order valence-electron chi connectivity index (χ3n) is 3.10. The largest absolute Gasteiger partial charge is 0.349 e. The predicted octanol–water partition coefficient (Wildman–Crippen LogP) is 0.988. The van der Waals surface area contributed by atoms with Gasteiger partial charge in [0, 0.05) is 19.3 Å². The molecule has 3 amide bonds. The van der Waals surface area contributed by atoms with E-state index in [2.05, 4.69) is 15.3 Å². The molecular formula is C13H12N4O3S. The second-order valence-corrected chi connectivity index (χ2v) is 5.40. The maximum Gasteiger partial charge on any atom is 0.288 e. The lowest BCUT2D eigenvalue weighted by Crippen LogP contribution is -2.37. The van der Waals surface area contributed by atoms with Crippen LogP contribution in [0.25, 0.3) is 11.0 Å². The van der Waals surface area contributed by atoms with Crippen LogP contribution in [0.2, 0.25) is 0 Å². The van der Waals surface area contributed by atoms with Gasteiger partial charge >= 0.3 is 0 Å². The van der Waals surface area contributed by atoms with E-state index in [4.69, 9.17) is 0 Å². The van der Waals surface area contributed by atoms with E-state index < -0.39 is 0 Å². The van der Waals surface area contributed by atoms with Gasteiger partial charge in [0.1, 0.15) is 5.69 Å².